The SMILES string of the molecule is CC1CCC(CS(=O)(=O)NNC(=O)c2cc(-c3cn(C)cn3)cc(Cl)c2F)CC1. The first-order valence-corrected chi connectivity index (χ1v) is 11.4. The Hall–Kier alpha value is -1.97. The number of benzene rings is 1. The second-order valence-corrected chi connectivity index (χ2v) is 9.88. The summed E-state index contributed by atoms with van der Waals surface area (Å²) in [5, 5.41) is -0.252. The van der Waals surface area contributed by atoms with Crippen LogP contribution < -0.4 is 10.3 Å². The lowest BCUT2D eigenvalue weighted by Crippen LogP contribution is -2.44. The van der Waals surface area contributed by atoms with Crippen molar-refractivity contribution in [1.29, 1.82) is 0 Å². The minimum atomic E-state index is -3.74. The van der Waals surface area contributed by atoms with Gasteiger partial charge in [0.05, 0.1) is 28.4 Å². The number of halogens is 2. The summed E-state index contributed by atoms with van der Waals surface area (Å²) in [5.41, 5.74) is 2.68. The molecular weight excluding hydrogens is 419 g/mol. The molecule has 3 rings (SSSR count). The number of carbonyl (C=O) groups excluding carboxylic acids is 1. The number of hydrogen-bond donors (Lipinski definition) is 2. The number of hydrogen-bond acceptors (Lipinski definition) is 4. The molecule has 158 valence electrons. The minimum Gasteiger partial charge on any atom is -0.340 e. The Bertz CT molecular complexity index is 1000. The normalized spacial score (nSPS) is 19.9. The number of amides is 1. The first kappa shape index (κ1) is 21.7. The lowest BCUT2D eigenvalue weighted by Gasteiger charge is -2.25. The Balaban J connectivity index is 1.69. The quantitative estimate of drug-likeness (QED) is 0.671. The van der Waals surface area contributed by atoms with Gasteiger partial charge in [0, 0.05) is 18.8 Å². The van der Waals surface area contributed by atoms with Crippen LogP contribution >= 0.6 is 11.6 Å². The predicted octanol–water partition coefficient (Wildman–Crippen LogP) is 3.27. The molecule has 1 saturated carbocycles. The summed E-state index contributed by atoms with van der Waals surface area (Å²) in [6.07, 6.45) is 6.93. The molecule has 1 heterocycles. The fourth-order valence-electron chi connectivity index (χ4n) is 3.50. The highest BCUT2D eigenvalue weighted by molar-refractivity contribution is 7.89. The maximum Gasteiger partial charge on any atom is 0.269 e. The van der Waals surface area contributed by atoms with E-state index < -0.39 is 21.7 Å². The molecule has 7 nitrogen and oxygen atoms in total. The summed E-state index contributed by atoms with van der Waals surface area (Å²) < 4.78 is 40.7. The fraction of sp³-hybridized carbons (Fsp3) is 0.474. The van der Waals surface area contributed by atoms with Crippen LogP contribution in [0.5, 0.6) is 0 Å². The van der Waals surface area contributed by atoms with Crippen molar-refractivity contribution in [3.63, 3.8) is 0 Å². The molecule has 0 unspecified atom stereocenters. The molecule has 1 aromatic carbocycles. The Kier molecular flexibility index (Phi) is 6.60. The summed E-state index contributed by atoms with van der Waals surface area (Å²) in [5.74, 6) is -1.26. The Labute approximate surface area is 174 Å². The molecule has 1 aliphatic rings. The van der Waals surface area contributed by atoms with Crippen LogP contribution in [0.1, 0.15) is 43.0 Å². The molecule has 1 fully saturated rings. The molecule has 0 radical (unpaired) electrons. The highest BCUT2D eigenvalue weighted by Gasteiger charge is 2.25. The minimum absolute atomic E-state index is 0.0549. The molecule has 1 amide bonds. The van der Waals surface area contributed by atoms with Crippen LogP contribution in [-0.2, 0) is 17.1 Å². The van der Waals surface area contributed by atoms with E-state index in [4.69, 9.17) is 11.6 Å². The van der Waals surface area contributed by atoms with E-state index in [1.165, 1.54) is 12.1 Å². The van der Waals surface area contributed by atoms with E-state index in [1.54, 1.807) is 24.1 Å². The number of sulfonamides is 1. The number of rotatable bonds is 6. The van der Waals surface area contributed by atoms with Crippen LogP contribution in [0.4, 0.5) is 4.39 Å². The standard InChI is InChI=1S/C19H24ClFN4O3S/c1-12-3-5-13(6-4-12)10-29(27,28)24-23-19(26)15-7-14(8-16(20)18(15)21)17-9-25(2)11-22-17/h7-9,11-13,24H,3-6,10H2,1-2H3,(H,23,26). The maximum absolute atomic E-state index is 14.4. The number of aryl methyl sites for hydroxylation is 1. The van der Waals surface area contributed by atoms with Gasteiger partial charge in [-0.15, -0.1) is 4.83 Å². The number of nitrogens with one attached hydrogen (secondary N) is 2. The second-order valence-electron chi connectivity index (χ2n) is 7.71. The monoisotopic (exact) mass is 442 g/mol. The average molecular weight is 443 g/mol. The van der Waals surface area contributed by atoms with Gasteiger partial charge in [-0.25, -0.2) is 17.8 Å². The van der Waals surface area contributed by atoms with Gasteiger partial charge < -0.3 is 4.57 Å². The Morgan fingerprint density at radius 3 is 2.62 bits per heavy atom. The Morgan fingerprint density at radius 1 is 1.31 bits per heavy atom. The number of nitrogens with zero attached hydrogens (tertiary/aromatic N) is 2. The third-order valence-electron chi connectivity index (χ3n) is 5.18. The van der Waals surface area contributed by atoms with Crippen LogP contribution in [-0.4, -0.2) is 29.6 Å². The van der Waals surface area contributed by atoms with Gasteiger partial charge in [0.25, 0.3) is 5.91 Å². The van der Waals surface area contributed by atoms with E-state index in [0.717, 1.165) is 25.7 Å². The summed E-state index contributed by atoms with van der Waals surface area (Å²) in [4.78, 5) is 18.6. The van der Waals surface area contributed by atoms with E-state index >= 15 is 0 Å². The van der Waals surface area contributed by atoms with Crippen molar-refractivity contribution in [2.24, 2.45) is 18.9 Å². The van der Waals surface area contributed by atoms with Gasteiger partial charge in [0.2, 0.25) is 10.0 Å². The van der Waals surface area contributed by atoms with Gasteiger partial charge in [-0.1, -0.05) is 31.4 Å². The van der Waals surface area contributed by atoms with E-state index in [2.05, 4.69) is 22.2 Å². The zero-order valence-corrected chi connectivity index (χ0v) is 17.9. The number of aromatic nitrogens is 2. The second kappa shape index (κ2) is 8.81. The van der Waals surface area contributed by atoms with Gasteiger partial charge in [-0.3, -0.25) is 10.2 Å². The third kappa shape index (κ3) is 5.55. The molecule has 1 aromatic heterocycles. The number of carbonyl (C=O) groups is 1. The van der Waals surface area contributed by atoms with Gasteiger partial charge in [0.15, 0.2) is 5.82 Å². The maximum atomic E-state index is 14.4. The zero-order chi connectivity index (χ0) is 21.2. The van der Waals surface area contributed by atoms with Crippen molar-refractivity contribution in [3.8, 4) is 11.3 Å². The van der Waals surface area contributed by atoms with Crippen LogP contribution in [0.25, 0.3) is 11.3 Å². The summed E-state index contributed by atoms with van der Waals surface area (Å²) >= 11 is 5.92. The van der Waals surface area contributed by atoms with Gasteiger partial charge in [-0.05, 0) is 36.8 Å². The summed E-state index contributed by atoms with van der Waals surface area (Å²) in [7, 11) is -1.96. The highest BCUT2D eigenvalue weighted by Crippen LogP contribution is 2.29. The van der Waals surface area contributed by atoms with Crippen LogP contribution in [0.2, 0.25) is 5.02 Å². The molecule has 1 aliphatic carbocycles. The lowest BCUT2D eigenvalue weighted by atomic mass is 9.84. The van der Waals surface area contributed by atoms with E-state index in [9.17, 15) is 17.6 Å². The highest BCUT2D eigenvalue weighted by atomic mass is 35.5. The van der Waals surface area contributed by atoms with Crippen molar-refractivity contribution in [3.05, 3.63) is 41.1 Å². The topological polar surface area (TPSA) is 93.1 Å². The molecule has 10 heteroatoms. The van der Waals surface area contributed by atoms with Crippen LogP contribution in [0.15, 0.2) is 24.7 Å². The van der Waals surface area contributed by atoms with Crippen molar-refractivity contribution in [1.82, 2.24) is 19.8 Å². The molecule has 0 saturated heterocycles. The molecule has 0 atom stereocenters. The fourth-order valence-corrected chi connectivity index (χ4v) is 5.01. The molecule has 0 bridgehead atoms. The van der Waals surface area contributed by atoms with Gasteiger partial charge in [-0.2, -0.15) is 0 Å². The number of imidazole rings is 1. The van der Waals surface area contributed by atoms with Crippen LogP contribution in [0, 0.1) is 17.7 Å². The lowest BCUT2D eigenvalue weighted by molar-refractivity contribution is 0.0941. The average Bonchev–Trinajstić information content (AvgIpc) is 3.10. The molecule has 0 spiro atoms. The first-order chi connectivity index (χ1) is 13.6. The van der Waals surface area contributed by atoms with Crippen molar-refractivity contribution >= 4 is 27.5 Å². The van der Waals surface area contributed by atoms with Crippen LogP contribution in [0.3, 0.4) is 0 Å². The molecule has 2 N–H and O–H groups in total. The van der Waals surface area contributed by atoms with Crippen molar-refractivity contribution < 1.29 is 17.6 Å². The molecule has 2 aromatic rings. The predicted molar refractivity (Wildman–Crippen MR) is 109 cm³/mol. The van der Waals surface area contributed by atoms with Gasteiger partial charge >= 0.3 is 0 Å². The third-order valence-corrected chi connectivity index (χ3v) is 6.78. The summed E-state index contributed by atoms with van der Waals surface area (Å²) in [6.45, 7) is 2.15. The zero-order valence-electron chi connectivity index (χ0n) is 16.3. The van der Waals surface area contributed by atoms with E-state index in [1.807, 2.05) is 0 Å². The first-order valence-electron chi connectivity index (χ1n) is 9.42. The van der Waals surface area contributed by atoms with Crippen molar-refractivity contribution in [2.75, 3.05) is 5.75 Å². The Morgan fingerprint density at radius 2 is 2.00 bits per heavy atom. The van der Waals surface area contributed by atoms with Crippen molar-refractivity contribution in [2.45, 2.75) is 32.6 Å². The van der Waals surface area contributed by atoms with Gasteiger partial charge in [0.1, 0.15) is 0 Å². The smallest absolute Gasteiger partial charge is 0.269 e. The molecule has 29 heavy (non-hydrogen) atoms. The molecule has 0 aliphatic heterocycles. The molecular formula is C19H24ClFN4O3S. The number of hydrazine groups is 1. The largest absolute Gasteiger partial charge is 0.340 e. The summed E-state index contributed by atoms with van der Waals surface area (Å²) in [6, 6.07) is 2.65. The van der Waals surface area contributed by atoms with E-state index in [0.29, 0.717) is 17.2 Å². The van der Waals surface area contributed by atoms with E-state index in [-0.39, 0.29) is 22.3 Å².